The fourth-order valence-corrected chi connectivity index (χ4v) is 2.31. The lowest BCUT2D eigenvalue weighted by molar-refractivity contribution is 0.0696. The Morgan fingerprint density at radius 3 is 2.52 bits per heavy atom. The molecule has 0 aliphatic rings. The van der Waals surface area contributed by atoms with Crippen molar-refractivity contribution in [1.82, 2.24) is 0 Å². The molecule has 0 atom stereocenters. The number of hydrogen-bond donors (Lipinski definition) is 3. The van der Waals surface area contributed by atoms with Gasteiger partial charge in [-0.15, -0.1) is 0 Å². The number of phenols is 1. The number of hydrogen-bond acceptors (Lipinski definition) is 3. The molecular weight excluding hydrogens is 338 g/mol. The molecular formula is C15H12BrNO4. The van der Waals surface area contributed by atoms with Crippen LogP contribution in [0, 0.1) is 6.92 Å². The molecule has 2 aromatic carbocycles. The Morgan fingerprint density at radius 2 is 1.86 bits per heavy atom. The van der Waals surface area contributed by atoms with Crippen LogP contribution in [-0.2, 0) is 0 Å². The van der Waals surface area contributed by atoms with Gasteiger partial charge in [0.1, 0.15) is 5.75 Å². The highest BCUT2D eigenvalue weighted by Crippen LogP contribution is 2.23. The number of halogens is 1. The Kier molecular flexibility index (Phi) is 4.28. The van der Waals surface area contributed by atoms with Crippen molar-refractivity contribution < 1.29 is 19.8 Å². The van der Waals surface area contributed by atoms with Gasteiger partial charge in [-0.2, -0.15) is 0 Å². The van der Waals surface area contributed by atoms with Crippen LogP contribution in [0.15, 0.2) is 40.9 Å². The van der Waals surface area contributed by atoms with E-state index in [4.69, 9.17) is 5.11 Å². The minimum absolute atomic E-state index is 0.0492. The second-order valence-electron chi connectivity index (χ2n) is 4.51. The van der Waals surface area contributed by atoms with Crippen molar-refractivity contribution in [2.24, 2.45) is 0 Å². The van der Waals surface area contributed by atoms with Crippen molar-refractivity contribution in [2.75, 3.05) is 5.32 Å². The van der Waals surface area contributed by atoms with Crippen molar-refractivity contribution in [3.05, 3.63) is 57.6 Å². The van der Waals surface area contributed by atoms with Crippen LogP contribution in [0.5, 0.6) is 5.75 Å². The summed E-state index contributed by atoms with van der Waals surface area (Å²) in [7, 11) is 0. The lowest BCUT2D eigenvalue weighted by Crippen LogP contribution is -2.13. The van der Waals surface area contributed by atoms with Gasteiger partial charge in [0.15, 0.2) is 0 Å². The number of carbonyl (C=O) groups is 2. The maximum absolute atomic E-state index is 12.1. The van der Waals surface area contributed by atoms with Crippen LogP contribution in [0.4, 0.5) is 5.69 Å². The van der Waals surface area contributed by atoms with E-state index in [0.29, 0.717) is 10.2 Å². The van der Waals surface area contributed by atoms with E-state index in [1.165, 1.54) is 18.2 Å². The lowest BCUT2D eigenvalue weighted by atomic mass is 10.1. The largest absolute Gasteiger partial charge is 0.507 e. The Bertz CT molecular complexity index is 728. The highest BCUT2D eigenvalue weighted by atomic mass is 79.9. The van der Waals surface area contributed by atoms with Crippen LogP contribution in [0.3, 0.4) is 0 Å². The molecule has 1 amide bonds. The maximum atomic E-state index is 12.1. The molecule has 0 unspecified atom stereocenters. The number of benzene rings is 2. The number of carbonyl (C=O) groups excluding carboxylic acids is 1. The summed E-state index contributed by atoms with van der Waals surface area (Å²) in [6.45, 7) is 1.80. The Labute approximate surface area is 129 Å². The summed E-state index contributed by atoms with van der Waals surface area (Å²) in [6, 6.07) is 9.04. The average Bonchev–Trinajstić information content (AvgIpc) is 2.40. The van der Waals surface area contributed by atoms with Crippen LogP contribution < -0.4 is 5.32 Å². The van der Waals surface area contributed by atoms with Gasteiger partial charge in [0.2, 0.25) is 0 Å². The third-order valence-corrected chi connectivity index (χ3v) is 3.26. The van der Waals surface area contributed by atoms with Crippen molar-refractivity contribution in [3.8, 4) is 5.75 Å². The van der Waals surface area contributed by atoms with Gasteiger partial charge >= 0.3 is 5.97 Å². The summed E-state index contributed by atoms with van der Waals surface area (Å²) < 4.78 is 0.533. The first-order valence-electron chi connectivity index (χ1n) is 6.01. The van der Waals surface area contributed by atoms with Gasteiger partial charge < -0.3 is 15.5 Å². The van der Waals surface area contributed by atoms with Crippen molar-refractivity contribution in [2.45, 2.75) is 6.92 Å². The van der Waals surface area contributed by atoms with E-state index in [9.17, 15) is 14.7 Å². The SMILES string of the molecule is Cc1ccc(O)c(C(=O)Nc2cc(Br)cc(C(=O)O)c2)c1. The highest BCUT2D eigenvalue weighted by Gasteiger charge is 2.13. The summed E-state index contributed by atoms with van der Waals surface area (Å²) in [4.78, 5) is 23.1. The molecule has 0 saturated heterocycles. The molecule has 0 saturated carbocycles. The van der Waals surface area contributed by atoms with E-state index in [1.807, 2.05) is 0 Å². The van der Waals surface area contributed by atoms with E-state index < -0.39 is 11.9 Å². The molecule has 0 heterocycles. The van der Waals surface area contributed by atoms with Gasteiger partial charge in [-0.25, -0.2) is 4.79 Å². The second-order valence-corrected chi connectivity index (χ2v) is 5.42. The monoisotopic (exact) mass is 349 g/mol. The molecule has 0 radical (unpaired) electrons. The summed E-state index contributed by atoms with van der Waals surface area (Å²) in [5.74, 6) is -1.73. The van der Waals surface area contributed by atoms with Gasteiger partial charge in [-0.3, -0.25) is 4.79 Å². The molecule has 0 fully saturated rings. The van der Waals surface area contributed by atoms with Gasteiger partial charge in [0.05, 0.1) is 11.1 Å². The number of aromatic hydroxyl groups is 1. The average molecular weight is 350 g/mol. The zero-order chi connectivity index (χ0) is 15.6. The fraction of sp³-hybridized carbons (Fsp3) is 0.0667. The molecule has 0 spiro atoms. The molecule has 0 aromatic heterocycles. The van der Waals surface area contributed by atoms with E-state index >= 15 is 0 Å². The zero-order valence-electron chi connectivity index (χ0n) is 11.1. The van der Waals surface area contributed by atoms with Crippen LogP contribution in [0.1, 0.15) is 26.3 Å². The zero-order valence-corrected chi connectivity index (χ0v) is 12.6. The van der Waals surface area contributed by atoms with Crippen molar-refractivity contribution >= 4 is 33.5 Å². The standard InChI is InChI=1S/C15H12BrNO4/c1-8-2-3-13(18)12(4-8)14(19)17-11-6-9(15(20)21)5-10(16)7-11/h2-7,18H,1H3,(H,17,19)(H,20,21). The highest BCUT2D eigenvalue weighted by molar-refractivity contribution is 9.10. The molecule has 0 aliphatic carbocycles. The van der Waals surface area contributed by atoms with E-state index in [1.54, 1.807) is 25.1 Å². The topological polar surface area (TPSA) is 86.6 Å². The van der Waals surface area contributed by atoms with E-state index in [-0.39, 0.29) is 16.9 Å². The predicted octanol–water partition coefficient (Wildman–Crippen LogP) is 3.41. The van der Waals surface area contributed by atoms with Gasteiger partial charge in [-0.05, 0) is 37.3 Å². The molecule has 0 bridgehead atoms. The van der Waals surface area contributed by atoms with Crippen LogP contribution in [-0.4, -0.2) is 22.1 Å². The fourth-order valence-electron chi connectivity index (χ4n) is 1.82. The summed E-state index contributed by atoms with van der Waals surface area (Å²) >= 11 is 3.19. The van der Waals surface area contributed by atoms with Crippen LogP contribution in [0.25, 0.3) is 0 Å². The number of aromatic carboxylic acids is 1. The number of rotatable bonds is 3. The number of nitrogens with one attached hydrogen (secondary N) is 1. The minimum Gasteiger partial charge on any atom is -0.507 e. The molecule has 2 rings (SSSR count). The number of carboxylic acid groups (broad SMARTS) is 1. The maximum Gasteiger partial charge on any atom is 0.335 e. The van der Waals surface area contributed by atoms with Crippen molar-refractivity contribution in [3.63, 3.8) is 0 Å². The molecule has 2 aromatic rings. The van der Waals surface area contributed by atoms with Crippen LogP contribution in [0.2, 0.25) is 0 Å². The molecule has 0 aliphatic heterocycles. The van der Waals surface area contributed by atoms with Crippen molar-refractivity contribution in [1.29, 1.82) is 0 Å². The number of amides is 1. The Morgan fingerprint density at radius 1 is 1.14 bits per heavy atom. The number of carboxylic acids is 1. The van der Waals surface area contributed by atoms with Gasteiger partial charge in [0.25, 0.3) is 5.91 Å². The van der Waals surface area contributed by atoms with E-state index in [2.05, 4.69) is 21.2 Å². The van der Waals surface area contributed by atoms with Gasteiger partial charge in [0, 0.05) is 10.2 Å². The normalized spacial score (nSPS) is 10.2. The quantitative estimate of drug-likeness (QED) is 0.792. The minimum atomic E-state index is -1.09. The third-order valence-electron chi connectivity index (χ3n) is 2.80. The summed E-state index contributed by atoms with van der Waals surface area (Å²) in [5.41, 5.74) is 1.34. The Hall–Kier alpha value is -2.34. The first-order chi connectivity index (χ1) is 9.86. The lowest BCUT2D eigenvalue weighted by Gasteiger charge is -2.09. The van der Waals surface area contributed by atoms with Gasteiger partial charge in [-0.1, -0.05) is 27.6 Å². The summed E-state index contributed by atoms with van der Waals surface area (Å²) in [6.07, 6.45) is 0. The molecule has 21 heavy (non-hydrogen) atoms. The van der Waals surface area contributed by atoms with Crippen LogP contribution >= 0.6 is 15.9 Å². The molecule has 3 N–H and O–H groups in total. The molecule has 108 valence electrons. The predicted molar refractivity (Wildman–Crippen MR) is 81.9 cm³/mol. The molecule has 5 nitrogen and oxygen atoms in total. The smallest absolute Gasteiger partial charge is 0.335 e. The number of aryl methyl sites for hydroxylation is 1. The first kappa shape index (κ1) is 15.1. The number of phenolic OH excluding ortho intramolecular Hbond substituents is 1. The second kappa shape index (κ2) is 5.97. The first-order valence-corrected chi connectivity index (χ1v) is 6.81. The third kappa shape index (κ3) is 3.61. The number of anilines is 1. The summed E-state index contributed by atoms with van der Waals surface area (Å²) in [5, 5.41) is 21.3. The van der Waals surface area contributed by atoms with E-state index in [0.717, 1.165) is 5.56 Å². The molecule has 6 heteroatoms. The Balaban J connectivity index is 2.31.